The van der Waals surface area contributed by atoms with E-state index in [1.54, 1.807) is 25.3 Å². The van der Waals surface area contributed by atoms with Crippen LogP contribution in [0, 0.1) is 12.8 Å². The lowest BCUT2D eigenvalue weighted by molar-refractivity contribution is 0.0606. The number of fused-ring (bicyclic) bond motifs is 2. The maximum Gasteiger partial charge on any atom is 0.254 e. The highest BCUT2D eigenvalue weighted by molar-refractivity contribution is 6.00. The number of aromatic hydroxyl groups is 1. The van der Waals surface area contributed by atoms with E-state index in [0.29, 0.717) is 29.3 Å². The Balaban J connectivity index is 1.35. The van der Waals surface area contributed by atoms with E-state index >= 15 is 0 Å². The van der Waals surface area contributed by atoms with Gasteiger partial charge in [-0.05, 0) is 79.1 Å². The van der Waals surface area contributed by atoms with Crippen molar-refractivity contribution in [2.75, 3.05) is 20.2 Å². The first-order valence-corrected chi connectivity index (χ1v) is 14.9. The van der Waals surface area contributed by atoms with Crippen molar-refractivity contribution in [1.82, 2.24) is 19.0 Å². The zero-order chi connectivity index (χ0) is 30.0. The van der Waals surface area contributed by atoms with E-state index < -0.39 is 6.17 Å². The highest BCUT2D eigenvalue weighted by Crippen LogP contribution is 2.39. The molecule has 43 heavy (non-hydrogen) atoms. The van der Waals surface area contributed by atoms with Crippen LogP contribution in [0.2, 0.25) is 0 Å². The number of likely N-dealkylation sites (tertiary alicyclic amines) is 1. The highest BCUT2D eigenvalue weighted by atomic mass is 19.1. The summed E-state index contributed by atoms with van der Waals surface area (Å²) in [5.41, 5.74) is 12.8. The molecule has 1 aliphatic carbocycles. The Morgan fingerprint density at radius 3 is 2.70 bits per heavy atom. The van der Waals surface area contributed by atoms with Gasteiger partial charge in [0, 0.05) is 42.6 Å². The maximum atomic E-state index is 14.3. The molecule has 2 fully saturated rings. The Morgan fingerprint density at radius 2 is 1.95 bits per heavy atom. The number of ether oxygens (including phenoxy) is 1. The highest BCUT2D eigenvalue weighted by Gasteiger charge is 2.30. The third-order valence-electron chi connectivity index (χ3n) is 9.01. The van der Waals surface area contributed by atoms with Crippen LogP contribution in [-0.2, 0) is 13.6 Å². The van der Waals surface area contributed by atoms with Gasteiger partial charge in [0.1, 0.15) is 23.2 Å². The van der Waals surface area contributed by atoms with Gasteiger partial charge in [0.2, 0.25) is 0 Å². The lowest BCUT2D eigenvalue weighted by Gasteiger charge is -2.33. The van der Waals surface area contributed by atoms with Gasteiger partial charge in [-0.15, -0.1) is 0 Å². The van der Waals surface area contributed by atoms with E-state index in [0.717, 1.165) is 51.2 Å². The molecule has 222 valence electrons. The predicted octanol–water partition coefficient (Wildman–Crippen LogP) is 5.81. The molecular weight excluding hydrogens is 545 g/mol. The summed E-state index contributed by atoms with van der Waals surface area (Å²) in [7, 11) is 3.55. The number of amides is 1. The van der Waals surface area contributed by atoms with Crippen molar-refractivity contribution in [3.05, 3.63) is 65.7 Å². The number of hydrogen-bond acceptors (Lipinski definition) is 5. The minimum absolute atomic E-state index is 0.0335. The third-order valence-corrected chi connectivity index (χ3v) is 9.01. The monoisotopic (exact) mass is 581 g/mol. The van der Waals surface area contributed by atoms with Gasteiger partial charge < -0.3 is 29.6 Å². The van der Waals surface area contributed by atoms with Gasteiger partial charge in [-0.25, -0.2) is 9.37 Å². The second-order valence-corrected chi connectivity index (χ2v) is 12.2. The maximum absolute atomic E-state index is 14.3. The summed E-state index contributed by atoms with van der Waals surface area (Å²) < 4.78 is 24.4. The number of nitrogens with zero attached hydrogens (tertiary/aromatic N) is 4. The topological polar surface area (TPSA) is 98.5 Å². The van der Waals surface area contributed by atoms with Crippen molar-refractivity contribution in [2.24, 2.45) is 18.7 Å². The van der Waals surface area contributed by atoms with E-state index in [1.165, 1.54) is 17.7 Å². The van der Waals surface area contributed by atoms with Crippen LogP contribution in [0.5, 0.6) is 11.5 Å². The number of carbonyl (C=O) groups excluding carboxylic acids is 1. The molecule has 0 bridgehead atoms. The zero-order valence-electron chi connectivity index (χ0n) is 24.7. The van der Waals surface area contributed by atoms with Crippen LogP contribution in [0.15, 0.2) is 54.6 Å². The molecule has 3 aromatic carbocycles. The average Bonchev–Trinajstić information content (AvgIpc) is 3.66. The van der Waals surface area contributed by atoms with Crippen molar-refractivity contribution < 1.29 is 19.0 Å². The fraction of sp³-hybridized carbons (Fsp3) is 0.353. The van der Waals surface area contributed by atoms with Crippen molar-refractivity contribution in [3.63, 3.8) is 0 Å². The minimum atomic E-state index is -1.13. The first-order chi connectivity index (χ1) is 20.7. The summed E-state index contributed by atoms with van der Waals surface area (Å²) in [5.74, 6) is 1.93. The number of carbonyl (C=O) groups is 1. The molecule has 2 atom stereocenters. The number of rotatable bonds is 6. The lowest BCUT2D eigenvalue weighted by atomic mass is 9.99. The van der Waals surface area contributed by atoms with Crippen molar-refractivity contribution in [2.45, 2.75) is 44.9 Å². The summed E-state index contributed by atoms with van der Waals surface area (Å²) in [4.78, 5) is 20.0. The molecule has 1 saturated heterocycles. The van der Waals surface area contributed by atoms with Crippen molar-refractivity contribution in [3.8, 4) is 34.1 Å². The molecule has 2 aliphatic rings. The fourth-order valence-electron chi connectivity index (χ4n) is 6.54. The number of alkyl halides is 1. The molecule has 1 aliphatic heterocycles. The van der Waals surface area contributed by atoms with E-state index in [2.05, 4.69) is 28.8 Å². The van der Waals surface area contributed by atoms with Gasteiger partial charge in [0.15, 0.2) is 5.82 Å². The Kier molecular flexibility index (Phi) is 6.65. The molecule has 8 nitrogen and oxygen atoms in total. The van der Waals surface area contributed by atoms with E-state index in [-0.39, 0.29) is 30.7 Å². The molecule has 1 saturated carbocycles. The van der Waals surface area contributed by atoms with Gasteiger partial charge in [0.25, 0.3) is 5.91 Å². The molecule has 0 spiro atoms. The molecule has 3 heterocycles. The summed E-state index contributed by atoms with van der Waals surface area (Å²) in [6, 6.07) is 17.3. The van der Waals surface area contributed by atoms with Crippen LogP contribution in [0.3, 0.4) is 0 Å². The first kappa shape index (κ1) is 27.5. The molecule has 3 N–H and O–H groups in total. The number of phenols is 1. The molecule has 1 amide bonds. The summed E-state index contributed by atoms with van der Waals surface area (Å²) in [6.07, 6.45) is 1.53. The van der Waals surface area contributed by atoms with Crippen molar-refractivity contribution >= 4 is 27.8 Å². The second-order valence-electron chi connectivity index (χ2n) is 12.2. The van der Waals surface area contributed by atoms with Gasteiger partial charge in [-0.2, -0.15) is 0 Å². The third kappa shape index (κ3) is 4.81. The number of benzene rings is 3. The summed E-state index contributed by atoms with van der Waals surface area (Å²) >= 11 is 0. The Bertz CT molecular complexity index is 1880. The van der Waals surface area contributed by atoms with Crippen LogP contribution in [-0.4, -0.2) is 62.4 Å². The average molecular weight is 582 g/mol. The van der Waals surface area contributed by atoms with Gasteiger partial charge in [0.05, 0.1) is 24.9 Å². The minimum Gasteiger partial charge on any atom is -0.508 e. The van der Waals surface area contributed by atoms with Gasteiger partial charge in [-0.3, -0.25) is 4.79 Å². The van der Waals surface area contributed by atoms with Gasteiger partial charge in [-0.1, -0.05) is 24.3 Å². The standard InChI is InChI=1S/C34H36FN5O3/c1-19-26(5-4-6-30(19)41)21-9-10-22-13-29(40(28(22)12-21)16-20-7-8-20)33-37-27-11-23(14-31(43-3)32(27)38(33)2)34(42)39-17-24(35)15-25(36)18-39/h4-6,9-14,20,24-25,41H,7-8,15-18,36H2,1-3H3/t24-,25-/m1/s1. The Hall–Kier alpha value is -4.37. The molecule has 0 unspecified atom stereocenters. The fourth-order valence-corrected chi connectivity index (χ4v) is 6.54. The Morgan fingerprint density at radius 1 is 1.14 bits per heavy atom. The lowest BCUT2D eigenvalue weighted by Crippen LogP contribution is -2.50. The predicted molar refractivity (Wildman–Crippen MR) is 166 cm³/mol. The number of phenolic OH excluding ortho intramolecular Hbond substituents is 1. The SMILES string of the molecule is COc1cc(C(=O)N2C[C@H](N)C[C@@H](F)C2)cc2nc(-c3cc4ccc(-c5cccc(O)c5C)cc4n3CC3CC3)n(C)c12. The molecule has 2 aromatic heterocycles. The number of aromatic nitrogens is 3. The molecule has 7 rings (SSSR count). The number of aryl methyl sites for hydroxylation is 1. The van der Waals surface area contributed by atoms with Gasteiger partial charge >= 0.3 is 0 Å². The Labute approximate surface area is 249 Å². The van der Waals surface area contributed by atoms with Crippen LogP contribution in [0.1, 0.15) is 35.2 Å². The van der Waals surface area contributed by atoms with E-state index in [9.17, 15) is 14.3 Å². The molecular formula is C34H36FN5O3. The molecule has 0 radical (unpaired) electrons. The van der Waals surface area contributed by atoms with E-state index in [1.807, 2.05) is 30.7 Å². The van der Waals surface area contributed by atoms with E-state index in [4.69, 9.17) is 15.5 Å². The van der Waals surface area contributed by atoms with Crippen molar-refractivity contribution in [1.29, 1.82) is 0 Å². The molecule has 5 aromatic rings. The normalized spacial score (nSPS) is 19.0. The zero-order valence-corrected chi connectivity index (χ0v) is 24.7. The van der Waals surface area contributed by atoms with Crippen LogP contribution < -0.4 is 10.5 Å². The summed E-state index contributed by atoms with van der Waals surface area (Å²) in [6.45, 7) is 3.17. The number of nitrogens with two attached hydrogens (primary N) is 1. The van der Waals surface area contributed by atoms with Crippen LogP contribution in [0.25, 0.3) is 44.6 Å². The molecule has 9 heteroatoms. The van der Waals surface area contributed by atoms with Crippen LogP contribution >= 0.6 is 0 Å². The number of piperidine rings is 1. The number of hydrogen-bond donors (Lipinski definition) is 2. The first-order valence-electron chi connectivity index (χ1n) is 14.9. The largest absolute Gasteiger partial charge is 0.508 e. The number of imidazole rings is 1. The quantitative estimate of drug-likeness (QED) is 0.264. The summed E-state index contributed by atoms with van der Waals surface area (Å²) in [5, 5.41) is 11.4. The second kappa shape index (κ2) is 10.4. The van der Waals surface area contributed by atoms with Crippen LogP contribution in [0.4, 0.5) is 4.39 Å². The smallest absolute Gasteiger partial charge is 0.254 e. The number of halogens is 1. The number of methoxy groups -OCH3 is 1.